The van der Waals surface area contributed by atoms with Gasteiger partial charge < -0.3 is 19.3 Å². The Balaban J connectivity index is 1.47. The van der Waals surface area contributed by atoms with Gasteiger partial charge in [-0.05, 0) is 24.6 Å². The molecule has 4 rings (SSSR count). The number of benzene rings is 1. The number of pyridine rings is 1. The summed E-state index contributed by atoms with van der Waals surface area (Å²) in [6.07, 6.45) is 2.71. The van der Waals surface area contributed by atoms with E-state index in [0.717, 1.165) is 17.7 Å². The summed E-state index contributed by atoms with van der Waals surface area (Å²) >= 11 is 0. The molecular weight excluding hydrogens is 370 g/mol. The van der Waals surface area contributed by atoms with Gasteiger partial charge in [0.15, 0.2) is 11.5 Å². The topological polar surface area (TPSA) is 72.0 Å². The first-order valence-electron chi connectivity index (χ1n) is 9.91. The van der Waals surface area contributed by atoms with Crippen LogP contribution in [-0.4, -0.2) is 53.4 Å². The van der Waals surface area contributed by atoms with Gasteiger partial charge in [0.05, 0.1) is 31.9 Å². The van der Waals surface area contributed by atoms with Crippen LogP contribution in [0, 0.1) is 5.92 Å². The number of amides is 2. The molecular formula is C22H25N3O4. The van der Waals surface area contributed by atoms with Crippen molar-refractivity contribution >= 4 is 11.8 Å². The number of carbonyl (C=O) groups excluding carboxylic acids is 2. The Bertz CT molecular complexity index is 887. The first-order valence-corrected chi connectivity index (χ1v) is 9.91. The Morgan fingerprint density at radius 3 is 2.97 bits per heavy atom. The number of carbonyl (C=O) groups is 2. The van der Waals surface area contributed by atoms with Crippen LogP contribution in [0.3, 0.4) is 0 Å². The number of rotatable bonds is 4. The molecule has 1 saturated heterocycles. The van der Waals surface area contributed by atoms with Crippen LogP contribution in [0.15, 0.2) is 42.6 Å². The fourth-order valence-electron chi connectivity index (χ4n) is 3.95. The molecule has 29 heavy (non-hydrogen) atoms. The summed E-state index contributed by atoms with van der Waals surface area (Å²) < 4.78 is 11.3. The molecule has 3 heterocycles. The molecule has 2 aliphatic heterocycles. The minimum Gasteiger partial charge on any atom is -0.493 e. The third-order valence-electron chi connectivity index (χ3n) is 5.41. The summed E-state index contributed by atoms with van der Waals surface area (Å²) in [6.45, 7) is 2.47. The third-order valence-corrected chi connectivity index (χ3v) is 5.41. The van der Waals surface area contributed by atoms with Gasteiger partial charge in [-0.2, -0.15) is 0 Å². The molecule has 1 unspecified atom stereocenters. The molecule has 0 bridgehead atoms. The van der Waals surface area contributed by atoms with Crippen molar-refractivity contribution in [3.63, 3.8) is 0 Å². The molecule has 2 amide bonds. The summed E-state index contributed by atoms with van der Waals surface area (Å²) in [6, 6.07) is 11.4. The lowest BCUT2D eigenvalue weighted by Crippen LogP contribution is -2.39. The van der Waals surface area contributed by atoms with E-state index in [-0.39, 0.29) is 24.2 Å². The lowest BCUT2D eigenvalue weighted by molar-refractivity contribution is -0.136. The molecule has 0 radical (unpaired) electrons. The van der Waals surface area contributed by atoms with Gasteiger partial charge in [-0.15, -0.1) is 0 Å². The maximum Gasteiger partial charge on any atom is 0.228 e. The molecule has 0 N–H and O–H groups in total. The molecule has 1 aromatic heterocycles. The van der Waals surface area contributed by atoms with E-state index in [9.17, 15) is 9.59 Å². The highest BCUT2D eigenvalue weighted by Crippen LogP contribution is 2.34. The fourth-order valence-corrected chi connectivity index (χ4v) is 3.95. The van der Waals surface area contributed by atoms with Crippen LogP contribution in [0.1, 0.15) is 24.1 Å². The Hall–Kier alpha value is -3.09. The van der Waals surface area contributed by atoms with Crippen LogP contribution in [0.25, 0.3) is 0 Å². The van der Waals surface area contributed by atoms with Gasteiger partial charge in [0.1, 0.15) is 0 Å². The van der Waals surface area contributed by atoms with E-state index in [2.05, 4.69) is 4.98 Å². The maximum atomic E-state index is 13.2. The fraction of sp³-hybridized carbons (Fsp3) is 0.409. The summed E-state index contributed by atoms with van der Waals surface area (Å²) in [5, 5.41) is 0. The van der Waals surface area contributed by atoms with Gasteiger partial charge in [0.25, 0.3) is 0 Å². The van der Waals surface area contributed by atoms with Crippen molar-refractivity contribution in [2.24, 2.45) is 5.92 Å². The average molecular weight is 395 g/mol. The van der Waals surface area contributed by atoms with Gasteiger partial charge >= 0.3 is 0 Å². The minimum absolute atomic E-state index is 0.00597. The van der Waals surface area contributed by atoms with E-state index >= 15 is 0 Å². The molecule has 2 aromatic rings. The second-order valence-corrected chi connectivity index (χ2v) is 7.41. The highest BCUT2D eigenvalue weighted by molar-refractivity contribution is 5.89. The number of fused-ring (bicyclic) bond motifs is 1. The van der Waals surface area contributed by atoms with E-state index < -0.39 is 0 Å². The van der Waals surface area contributed by atoms with E-state index in [4.69, 9.17) is 9.47 Å². The zero-order valence-electron chi connectivity index (χ0n) is 16.5. The second-order valence-electron chi connectivity index (χ2n) is 7.41. The van der Waals surface area contributed by atoms with E-state index in [1.54, 1.807) is 18.2 Å². The molecule has 1 atom stereocenters. The smallest absolute Gasteiger partial charge is 0.228 e. The molecule has 2 aliphatic rings. The van der Waals surface area contributed by atoms with Crippen molar-refractivity contribution in [2.45, 2.75) is 25.9 Å². The van der Waals surface area contributed by atoms with E-state index in [1.807, 2.05) is 41.3 Å². The van der Waals surface area contributed by atoms with Gasteiger partial charge in [-0.3, -0.25) is 14.6 Å². The lowest BCUT2D eigenvalue weighted by Gasteiger charge is -2.29. The molecule has 7 nitrogen and oxygen atoms in total. The zero-order chi connectivity index (χ0) is 20.2. The molecule has 7 heteroatoms. The van der Waals surface area contributed by atoms with Crippen molar-refractivity contribution in [2.75, 3.05) is 26.8 Å². The number of nitrogens with zero attached hydrogens (tertiary/aromatic N) is 3. The Morgan fingerprint density at radius 1 is 1.28 bits per heavy atom. The number of aromatic nitrogens is 1. The summed E-state index contributed by atoms with van der Waals surface area (Å²) in [5.41, 5.74) is 1.76. The molecule has 152 valence electrons. The quantitative estimate of drug-likeness (QED) is 0.794. The summed E-state index contributed by atoms with van der Waals surface area (Å²) in [4.78, 5) is 33.6. The number of para-hydroxylation sites is 1. The first kappa shape index (κ1) is 19.2. The average Bonchev–Trinajstić information content (AvgIpc) is 3.08. The molecule has 1 fully saturated rings. The highest BCUT2D eigenvalue weighted by Gasteiger charge is 2.37. The molecule has 1 aromatic carbocycles. The standard InChI is InChI=1S/C22H25N3O4/c1-28-19-8-4-6-16-13-24(10-5-11-29-21(16)19)22(27)17-12-20(26)25(14-17)15-18-7-2-3-9-23-18/h2-4,6-9,17H,5,10-15H2,1H3. The van der Waals surface area contributed by atoms with E-state index in [1.165, 1.54) is 0 Å². The minimum atomic E-state index is -0.319. The molecule has 0 spiro atoms. The number of likely N-dealkylation sites (tertiary alicyclic amines) is 1. The maximum absolute atomic E-state index is 13.2. The van der Waals surface area contributed by atoms with Crippen LogP contribution in [0.4, 0.5) is 0 Å². The highest BCUT2D eigenvalue weighted by atomic mass is 16.5. The van der Waals surface area contributed by atoms with Crippen molar-refractivity contribution in [3.05, 3.63) is 53.9 Å². The van der Waals surface area contributed by atoms with Crippen molar-refractivity contribution < 1.29 is 19.1 Å². The Morgan fingerprint density at radius 2 is 2.17 bits per heavy atom. The zero-order valence-corrected chi connectivity index (χ0v) is 16.5. The van der Waals surface area contributed by atoms with Gasteiger partial charge in [-0.1, -0.05) is 18.2 Å². The normalized spacial score (nSPS) is 19.2. The van der Waals surface area contributed by atoms with Crippen LogP contribution >= 0.6 is 0 Å². The van der Waals surface area contributed by atoms with Crippen molar-refractivity contribution in [1.82, 2.24) is 14.8 Å². The third kappa shape index (κ3) is 4.18. The van der Waals surface area contributed by atoms with E-state index in [0.29, 0.717) is 44.3 Å². The predicted molar refractivity (Wildman–Crippen MR) is 106 cm³/mol. The van der Waals surface area contributed by atoms with Crippen LogP contribution in [0.5, 0.6) is 11.5 Å². The lowest BCUT2D eigenvalue weighted by atomic mass is 10.1. The largest absolute Gasteiger partial charge is 0.493 e. The van der Waals surface area contributed by atoms with Gasteiger partial charge in [0, 0.05) is 37.8 Å². The number of hydrogen-bond acceptors (Lipinski definition) is 5. The Labute approximate surface area is 170 Å². The van der Waals surface area contributed by atoms with Gasteiger partial charge in [-0.25, -0.2) is 0 Å². The van der Waals surface area contributed by atoms with Crippen molar-refractivity contribution in [3.8, 4) is 11.5 Å². The SMILES string of the molecule is COc1cccc2c1OCCCN(C(=O)C1CC(=O)N(Cc3ccccn3)C1)C2. The molecule has 0 saturated carbocycles. The predicted octanol–water partition coefficient (Wildman–Crippen LogP) is 2.25. The molecule has 0 aliphatic carbocycles. The summed E-state index contributed by atoms with van der Waals surface area (Å²) in [5.74, 6) is 1.09. The number of ether oxygens (including phenoxy) is 2. The Kier molecular flexibility index (Phi) is 5.64. The van der Waals surface area contributed by atoms with Crippen molar-refractivity contribution in [1.29, 1.82) is 0 Å². The first-order chi connectivity index (χ1) is 14.2. The van der Waals surface area contributed by atoms with Crippen LogP contribution in [0.2, 0.25) is 0 Å². The van der Waals surface area contributed by atoms with Gasteiger partial charge in [0.2, 0.25) is 11.8 Å². The van der Waals surface area contributed by atoms with Crippen LogP contribution < -0.4 is 9.47 Å². The second kappa shape index (κ2) is 8.51. The summed E-state index contributed by atoms with van der Waals surface area (Å²) in [7, 11) is 1.61. The number of methoxy groups -OCH3 is 1. The van der Waals surface area contributed by atoms with Crippen LogP contribution in [-0.2, 0) is 22.7 Å². The monoisotopic (exact) mass is 395 g/mol. The number of hydrogen-bond donors (Lipinski definition) is 0.